The van der Waals surface area contributed by atoms with Crippen molar-refractivity contribution in [2.45, 2.75) is 39.2 Å². The fraction of sp³-hybridized carbons (Fsp3) is 0.800. The summed E-state index contributed by atoms with van der Waals surface area (Å²) in [6.45, 7) is 3.97. The summed E-state index contributed by atoms with van der Waals surface area (Å²) < 4.78 is 5.12. The molecule has 80 valence electrons. The molecule has 0 aliphatic carbocycles. The van der Waals surface area contributed by atoms with Gasteiger partial charge in [-0.2, -0.15) is 0 Å². The maximum Gasteiger partial charge on any atom is 0.306 e. The number of rotatable bonds is 3. The predicted octanol–water partition coefficient (Wildman–Crippen LogP) is 0.854. The summed E-state index contributed by atoms with van der Waals surface area (Å²) in [5.74, 6) is 0.188. The van der Waals surface area contributed by atoms with E-state index in [1.54, 1.807) is 0 Å². The van der Waals surface area contributed by atoms with E-state index in [9.17, 15) is 9.59 Å². The van der Waals surface area contributed by atoms with Crippen molar-refractivity contribution >= 4 is 11.9 Å². The number of hydrogen-bond acceptors (Lipinski definition) is 3. The van der Waals surface area contributed by atoms with Gasteiger partial charge in [0.1, 0.15) is 6.10 Å². The van der Waals surface area contributed by atoms with Crippen molar-refractivity contribution in [1.29, 1.82) is 0 Å². The van der Waals surface area contributed by atoms with E-state index in [1.807, 2.05) is 0 Å². The minimum atomic E-state index is -0.140. The van der Waals surface area contributed by atoms with Gasteiger partial charge in [-0.05, 0) is 12.3 Å². The molecule has 1 aliphatic rings. The van der Waals surface area contributed by atoms with Crippen molar-refractivity contribution in [2.24, 2.45) is 5.92 Å². The summed E-state index contributed by atoms with van der Waals surface area (Å²) in [6.07, 6.45) is 2.24. The standard InChI is InChI=1S/C10H17NO3/c1-3-8-4-9(6-11-7(2)12)14-10(13)5-8/h8-9H,3-6H2,1-2H3,(H,11,12). The van der Waals surface area contributed by atoms with Crippen molar-refractivity contribution in [2.75, 3.05) is 6.54 Å². The lowest BCUT2D eigenvalue weighted by Gasteiger charge is -2.28. The van der Waals surface area contributed by atoms with Gasteiger partial charge in [-0.15, -0.1) is 0 Å². The first-order valence-electron chi connectivity index (χ1n) is 5.05. The normalized spacial score (nSPS) is 26.9. The van der Waals surface area contributed by atoms with Gasteiger partial charge in [-0.25, -0.2) is 0 Å². The second kappa shape index (κ2) is 4.98. The van der Waals surface area contributed by atoms with Gasteiger partial charge >= 0.3 is 5.97 Å². The Bertz CT molecular complexity index is 227. The highest BCUT2D eigenvalue weighted by atomic mass is 16.5. The van der Waals surface area contributed by atoms with E-state index in [4.69, 9.17) is 4.74 Å². The summed E-state index contributed by atoms with van der Waals surface area (Å²) in [4.78, 5) is 21.8. The highest BCUT2D eigenvalue weighted by Gasteiger charge is 2.27. The van der Waals surface area contributed by atoms with E-state index in [-0.39, 0.29) is 18.0 Å². The number of carbonyl (C=O) groups is 2. The molecule has 1 amide bonds. The lowest BCUT2D eigenvalue weighted by molar-refractivity contribution is -0.157. The summed E-state index contributed by atoms with van der Waals surface area (Å²) in [5, 5.41) is 2.66. The number of nitrogens with one attached hydrogen (secondary N) is 1. The van der Waals surface area contributed by atoms with Crippen LogP contribution in [0, 0.1) is 5.92 Å². The summed E-state index contributed by atoms with van der Waals surface area (Å²) in [5.41, 5.74) is 0. The molecule has 1 rings (SSSR count). The number of ether oxygens (including phenoxy) is 1. The van der Waals surface area contributed by atoms with E-state index in [0.29, 0.717) is 18.9 Å². The van der Waals surface area contributed by atoms with Crippen LogP contribution in [0.15, 0.2) is 0 Å². The van der Waals surface area contributed by atoms with Crippen LogP contribution >= 0.6 is 0 Å². The molecular weight excluding hydrogens is 182 g/mol. The molecule has 14 heavy (non-hydrogen) atoms. The molecule has 0 radical (unpaired) electrons. The summed E-state index contributed by atoms with van der Waals surface area (Å²) in [7, 11) is 0. The van der Waals surface area contributed by atoms with Crippen LogP contribution < -0.4 is 5.32 Å². The Morgan fingerprint density at radius 1 is 1.64 bits per heavy atom. The van der Waals surface area contributed by atoms with Crippen LogP contribution in [0.5, 0.6) is 0 Å². The average Bonchev–Trinajstić information content (AvgIpc) is 2.14. The highest BCUT2D eigenvalue weighted by molar-refractivity contribution is 5.73. The van der Waals surface area contributed by atoms with Crippen LogP contribution in [0.4, 0.5) is 0 Å². The van der Waals surface area contributed by atoms with Crippen LogP contribution in [-0.2, 0) is 14.3 Å². The smallest absolute Gasteiger partial charge is 0.306 e. The fourth-order valence-electron chi connectivity index (χ4n) is 1.67. The monoisotopic (exact) mass is 199 g/mol. The topological polar surface area (TPSA) is 55.4 Å². The van der Waals surface area contributed by atoms with Crippen molar-refractivity contribution in [3.63, 3.8) is 0 Å². The van der Waals surface area contributed by atoms with Crippen LogP contribution in [0.3, 0.4) is 0 Å². The van der Waals surface area contributed by atoms with Gasteiger partial charge in [-0.3, -0.25) is 9.59 Å². The summed E-state index contributed by atoms with van der Waals surface area (Å²) in [6, 6.07) is 0. The molecule has 4 heteroatoms. The molecule has 2 atom stereocenters. The second-order valence-electron chi connectivity index (χ2n) is 3.76. The Balaban J connectivity index is 2.37. The Morgan fingerprint density at radius 3 is 2.93 bits per heavy atom. The average molecular weight is 199 g/mol. The van der Waals surface area contributed by atoms with Gasteiger partial charge in [0, 0.05) is 13.3 Å². The van der Waals surface area contributed by atoms with Gasteiger partial charge in [0.05, 0.1) is 6.54 Å². The molecule has 0 aromatic rings. The van der Waals surface area contributed by atoms with Gasteiger partial charge in [0.2, 0.25) is 5.91 Å². The molecule has 0 aromatic carbocycles. The SMILES string of the molecule is CCC1CC(=O)OC(CNC(C)=O)C1. The van der Waals surface area contributed by atoms with Gasteiger partial charge in [0.15, 0.2) is 0 Å². The zero-order valence-corrected chi connectivity index (χ0v) is 8.71. The largest absolute Gasteiger partial charge is 0.460 e. The molecule has 0 saturated carbocycles. The molecule has 1 N–H and O–H groups in total. The zero-order valence-electron chi connectivity index (χ0n) is 8.71. The highest BCUT2D eigenvalue weighted by Crippen LogP contribution is 2.23. The number of esters is 1. The van der Waals surface area contributed by atoms with E-state index in [0.717, 1.165) is 12.8 Å². The van der Waals surface area contributed by atoms with Gasteiger partial charge in [-0.1, -0.05) is 13.3 Å². The van der Waals surface area contributed by atoms with Crippen LogP contribution in [0.2, 0.25) is 0 Å². The van der Waals surface area contributed by atoms with Gasteiger partial charge in [0.25, 0.3) is 0 Å². The maximum atomic E-state index is 11.2. The van der Waals surface area contributed by atoms with Crippen LogP contribution in [0.25, 0.3) is 0 Å². The molecule has 1 heterocycles. The minimum absolute atomic E-state index is 0.0836. The number of hydrogen-bond donors (Lipinski definition) is 1. The molecule has 1 saturated heterocycles. The molecule has 1 fully saturated rings. The zero-order chi connectivity index (χ0) is 10.6. The van der Waals surface area contributed by atoms with E-state index in [1.165, 1.54) is 6.92 Å². The van der Waals surface area contributed by atoms with Crippen molar-refractivity contribution in [3.05, 3.63) is 0 Å². The first kappa shape index (κ1) is 11.0. The van der Waals surface area contributed by atoms with Crippen molar-refractivity contribution in [1.82, 2.24) is 5.32 Å². The first-order chi connectivity index (χ1) is 6.61. The van der Waals surface area contributed by atoms with Crippen molar-refractivity contribution < 1.29 is 14.3 Å². The van der Waals surface area contributed by atoms with Crippen molar-refractivity contribution in [3.8, 4) is 0 Å². The summed E-state index contributed by atoms with van der Waals surface area (Å²) >= 11 is 0. The Hall–Kier alpha value is -1.06. The maximum absolute atomic E-state index is 11.2. The molecule has 0 spiro atoms. The quantitative estimate of drug-likeness (QED) is 0.686. The van der Waals surface area contributed by atoms with E-state index < -0.39 is 0 Å². The lowest BCUT2D eigenvalue weighted by Crippen LogP contribution is -2.38. The van der Waals surface area contributed by atoms with E-state index in [2.05, 4.69) is 12.2 Å². The third-order valence-corrected chi connectivity index (χ3v) is 2.51. The number of cyclic esters (lactones) is 1. The minimum Gasteiger partial charge on any atom is -0.460 e. The molecule has 0 bridgehead atoms. The Labute approximate surface area is 84.0 Å². The molecule has 2 unspecified atom stereocenters. The van der Waals surface area contributed by atoms with E-state index >= 15 is 0 Å². The fourth-order valence-corrected chi connectivity index (χ4v) is 1.67. The lowest BCUT2D eigenvalue weighted by atomic mass is 9.93. The first-order valence-corrected chi connectivity index (χ1v) is 5.05. The third-order valence-electron chi connectivity index (χ3n) is 2.51. The Morgan fingerprint density at radius 2 is 2.36 bits per heavy atom. The predicted molar refractivity (Wildman–Crippen MR) is 51.6 cm³/mol. The molecule has 4 nitrogen and oxygen atoms in total. The molecule has 1 aliphatic heterocycles. The number of amides is 1. The molecule has 0 aromatic heterocycles. The third kappa shape index (κ3) is 3.36. The Kier molecular flexibility index (Phi) is 3.92. The van der Waals surface area contributed by atoms with Crippen LogP contribution in [0.1, 0.15) is 33.1 Å². The van der Waals surface area contributed by atoms with Gasteiger partial charge < -0.3 is 10.1 Å². The number of carbonyl (C=O) groups excluding carboxylic acids is 2. The molecular formula is C10H17NO3. The van der Waals surface area contributed by atoms with Crippen LogP contribution in [-0.4, -0.2) is 24.5 Å². The second-order valence-corrected chi connectivity index (χ2v) is 3.76.